The molecule has 1 heterocycles. The number of hydrogen-bond acceptors (Lipinski definition) is 7. The van der Waals surface area contributed by atoms with E-state index in [1.165, 1.54) is 19.1 Å². The summed E-state index contributed by atoms with van der Waals surface area (Å²) in [5.41, 5.74) is 0.496. The molecule has 1 aromatic carbocycles. The lowest BCUT2D eigenvalue weighted by molar-refractivity contribution is -0.767. The van der Waals surface area contributed by atoms with Crippen LogP contribution in [0.1, 0.15) is 34.6 Å². The van der Waals surface area contributed by atoms with Crippen molar-refractivity contribution in [1.82, 2.24) is 10.2 Å². The molecule has 1 N–H and O–H groups in total. The second-order valence-corrected chi connectivity index (χ2v) is 5.00. The number of ether oxygens (including phenoxy) is 1. The van der Waals surface area contributed by atoms with Gasteiger partial charge in [0.2, 0.25) is 0 Å². The smallest absolute Gasteiger partial charge is 0.294 e. The zero-order chi connectivity index (χ0) is 18.3. The van der Waals surface area contributed by atoms with E-state index >= 15 is 0 Å². The number of rotatable bonds is 6. The van der Waals surface area contributed by atoms with Crippen LogP contribution < -0.4 is 10.1 Å². The van der Waals surface area contributed by atoms with Crippen LogP contribution in [0.25, 0.3) is 0 Å². The van der Waals surface area contributed by atoms with E-state index in [0.29, 0.717) is 12.4 Å². The molecule has 0 saturated heterocycles. The highest BCUT2D eigenvalue weighted by molar-refractivity contribution is 6.21. The maximum Gasteiger partial charge on any atom is 0.294 e. The molecule has 2 amide bonds. The van der Waals surface area contributed by atoms with Gasteiger partial charge in [0.15, 0.2) is 0 Å². The Hall–Kier alpha value is -2.68. The normalized spacial score (nSPS) is 13.8. The van der Waals surface area contributed by atoms with Gasteiger partial charge in [0, 0.05) is 0 Å². The monoisotopic (exact) mass is 339 g/mol. The summed E-state index contributed by atoms with van der Waals surface area (Å²) in [4.78, 5) is 39.9. The molecule has 9 nitrogen and oxygen atoms in total. The van der Waals surface area contributed by atoms with Crippen molar-refractivity contribution in [1.29, 1.82) is 0 Å². The van der Waals surface area contributed by atoms with Gasteiger partial charge in [-0.25, -0.2) is 0 Å². The minimum absolute atomic E-state index is 0.183. The number of hydrogen-bond donors (Lipinski definition) is 1. The van der Waals surface area contributed by atoms with Crippen LogP contribution in [-0.2, 0) is 4.84 Å². The molecule has 24 heavy (non-hydrogen) atoms. The van der Waals surface area contributed by atoms with Crippen molar-refractivity contribution >= 4 is 11.8 Å². The quantitative estimate of drug-likeness (QED) is 0.469. The van der Waals surface area contributed by atoms with Gasteiger partial charge in [-0.1, -0.05) is 0 Å². The zero-order valence-electron chi connectivity index (χ0n) is 14.1. The number of imide groups is 1. The predicted molar refractivity (Wildman–Crippen MR) is 85.5 cm³/mol. The summed E-state index contributed by atoms with van der Waals surface area (Å²) in [6.07, 6.45) is -0.895. The largest absolute Gasteiger partial charge is 0.494 e. The average molecular weight is 339 g/mol. The number of carbonyl (C=O) groups is 2. The highest BCUT2D eigenvalue weighted by atomic mass is 17.0. The number of amides is 2. The van der Waals surface area contributed by atoms with Gasteiger partial charge >= 0.3 is 0 Å². The highest BCUT2D eigenvalue weighted by Crippen LogP contribution is 2.27. The number of fused-ring (bicyclic) bond motifs is 1. The summed E-state index contributed by atoms with van der Waals surface area (Å²) < 4.78 is 5.29. The maximum absolute atomic E-state index is 12.2. The molecule has 0 bridgehead atoms. The van der Waals surface area contributed by atoms with Gasteiger partial charge in [-0.05, 0) is 46.1 Å². The Morgan fingerprint density at radius 2 is 1.83 bits per heavy atom. The Balaban J connectivity index is 0.000000891. The molecule has 1 aromatic rings. The lowest BCUT2D eigenvalue weighted by Crippen LogP contribution is -2.37. The first-order chi connectivity index (χ1) is 11.3. The molecule has 1 aliphatic rings. The fraction of sp³-hybridized carbons (Fsp3) is 0.467. The van der Waals surface area contributed by atoms with Crippen LogP contribution in [0.15, 0.2) is 18.2 Å². The summed E-state index contributed by atoms with van der Waals surface area (Å²) >= 11 is 0. The second kappa shape index (κ2) is 8.82. The second-order valence-electron chi connectivity index (χ2n) is 5.00. The maximum atomic E-state index is 12.2. The predicted octanol–water partition coefficient (Wildman–Crippen LogP) is 1.11. The lowest BCUT2D eigenvalue weighted by atomic mass is 10.1. The van der Waals surface area contributed by atoms with Gasteiger partial charge in [0.1, 0.15) is 11.9 Å². The van der Waals surface area contributed by atoms with Crippen molar-refractivity contribution in [3.05, 3.63) is 39.4 Å². The number of carbonyl (C=O) groups excluding carboxylic acids is 2. The molecule has 0 radical (unpaired) electrons. The Labute approximate surface area is 139 Å². The Morgan fingerprint density at radius 3 is 2.38 bits per heavy atom. The van der Waals surface area contributed by atoms with E-state index in [2.05, 4.69) is 10.2 Å². The van der Waals surface area contributed by atoms with Crippen LogP contribution in [0.2, 0.25) is 0 Å². The van der Waals surface area contributed by atoms with Crippen LogP contribution in [0.5, 0.6) is 5.75 Å². The molecule has 0 spiro atoms. The summed E-state index contributed by atoms with van der Waals surface area (Å²) in [5.74, 6) is -0.499. The van der Waals surface area contributed by atoms with E-state index in [1.54, 1.807) is 6.07 Å². The molecule has 0 fully saturated rings. The van der Waals surface area contributed by atoms with Gasteiger partial charge in [0.25, 0.3) is 16.9 Å². The molecular weight excluding hydrogens is 318 g/mol. The summed E-state index contributed by atoms with van der Waals surface area (Å²) in [5, 5.41) is 12.1. The average Bonchev–Trinajstić information content (AvgIpc) is 2.73. The zero-order valence-corrected chi connectivity index (χ0v) is 14.1. The fourth-order valence-electron chi connectivity index (χ4n) is 2.13. The molecule has 0 aromatic heterocycles. The van der Waals surface area contributed by atoms with E-state index in [4.69, 9.17) is 4.74 Å². The topological polar surface area (TPSA) is 111 Å². The van der Waals surface area contributed by atoms with Crippen LogP contribution in [0, 0.1) is 10.1 Å². The molecule has 9 heteroatoms. The third kappa shape index (κ3) is 4.66. The summed E-state index contributed by atoms with van der Waals surface area (Å²) in [6.45, 7) is 3.48. The van der Waals surface area contributed by atoms with E-state index in [9.17, 15) is 19.7 Å². The van der Waals surface area contributed by atoms with Crippen molar-refractivity contribution < 1.29 is 24.3 Å². The molecule has 132 valence electrons. The van der Waals surface area contributed by atoms with Gasteiger partial charge in [-0.3, -0.25) is 14.5 Å². The van der Waals surface area contributed by atoms with Crippen molar-refractivity contribution in [2.45, 2.75) is 20.0 Å². The van der Waals surface area contributed by atoms with Gasteiger partial charge in [0.05, 0.1) is 24.3 Å². The third-order valence-corrected chi connectivity index (χ3v) is 2.96. The minimum atomic E-state index is -0.948. The molecular formula is C15H21N3O6. The minimum Gasteiger partial charge on any atom is -0.494 e. The molecule has 0 saturated carbocycles. The third-order valence-electron chi connectivity index (χ3n) is 2.96. The summed E-state index contributed by atoms with van der Waals surface area (Å²) in [7, 11) is 3.75. The van der Waals surface area contributed by atoms with Gasteiger partial charge in [-0.15, -0.1) is 10.1 Å². The van der Waals surface area contributed by atoms with Crippen molar-refractivity contribution in [3.63, 3.8) is 0 Å². The molecule has 2 rings (SSSR count). The van der Waals surface area contributed by atoms with E-state index in [0.717, 1.165) is 4.90 Å². The number of nitrogens with one attached hydrogen (secondary N) is 1. The van der Waals surface area contributed by atoms with Gasteiger partial charge in [-0.2, -0.15) is 0 Å². The Kier molecular flexibility index (Phi) is 7.12. The lowest BCUT2D eigenvalue weighted by Gasteiger charge is -2.17. The standard InChI is InChI=1S/C13H14N2O6.C2H7N/c1-3-20-9-4-5-10-11(6-9)13(17)14(12(10)16)7-8(2)21-15(18)19;1-3-2/h4-6,8H,3,7H2,1-2H3;3H,1-2H3. The van der Waals surface area contributed by atoms with Crippen LogP contribution >= 0.6 is 0 Å². The Morgan fingerprint density at radius 1 is 1.25 bits per heavy atom. The first kappa shape index (κ1) is 19.4. The fourth-order valence-corrected chi connectivity index (χ4v) is 2.13. The molecule has 1 unspecified atom stereocenters. The highest BCUT2D eigenvalue weighted by Gasteiger charge is 2.36. The van der Waals surface area contributed by atoms with Crippen molar-refractivity contribution in [2.75, 3.05) is 27.2 Å². The Bertz CT molecular complexity index is 619. The van der Waals surface area contributed by atoms with Gasteiger partial charge < -0.3 is 14.9 Å². The molecule has 1 atom stereocenters. The first-order valence-corrected chi connectivity index (χ1v) is 7.38. The number of nitrogens with zero attached hydrogens (tertiary/aromatic N) is 2. The van der Waals surface area contributed by atoms with Crippen LogP contribution in [-0.4, -0.2) is 55.2 Å². The first-order valence-electron chi connectivity index (χ1n) is 7.38. The summed E-state index contributed by atoms with van der Waals surface area (Å²) in [6, 6.07) is 4.62. The molecule has 1 aliphatic heterocycles. The van der Waals surface area contributed by atoms with E-state index in [1.807, 2.05) is 21.0 Å². The number of benzene rings is 1. The van der Waals surface area contributed by atoms with Crippen LogP contribution in [0.4, 0.5) is 0 Å². The van der Waals surface area contributed by atoms with Crippen molar-refractivity contribution in [2.24, 2.45) is 0 Å². The van der Waals surface area contributed by atoms with E-state index < -0.39 is 23.0 Å². The SMILES string of the molecule is CCOc1ccc2c(c1)C(=O)N(CC(C)O[N+](=O)[O-])C2=O.CNC. The van der Waals surface area contributed by atoms with Crippen molar-refractivity contribution in [3.8, 4) is 5.75 Å². The van der Waals surface area contributed by atoms with Crippen LogP contribution in [0.3, 0.4) is 0 Å². The molecule has 0 aliphatic carbocycles. The van der Waals surface area contributed by atoms with E-state index in [-0.39, 0.29) is 17.7 Å².